The molecule has 8 aromatic rings. The van der Waals surface area contributed by atoms with Crippen molar-refractivity contribution in [2.45, 2.75) is 19.3 Å². The Morgan fingerprint density at radius 1 is 0.420 bits per heavy atom. The number of benzene rings is 7. The summed E-state index contributed by atoms with van der Waals surface area (Å²) in [6.45, 7) is 4.67. The quantitative estimate of drug-likeness (QED) is 0.181. The summed E-state index contributed by atoms with van der Waals surface area (Å²) in [6, 6.07) is 62.4. The van der Waals surface area contributed by atoms with E-state index in [2.05, 4.69) is 189 Å². The molecule has 0 atom stereocenters. The second kappa shape index (κ2) is 12.0. The zero-order chi connectivity index (χ0) is 33.7. The van der Waals surface area contributed by atoms with Crippen molar-refractivity contribution in [3.8, 4) is 44.8 Å². The van der Waals surface area contributed by atoms with Crippen LogP contribution in [0.4, 0.5) is 17.2 Å². The highest BCUT2D eigenvalue weighted by Crippen LogP contribution is 2.55. The maximum Gasteiger partial charge on any atom is 0.162 e. The van der Waals surface area contributed by atoms with Crippen LogP contribution in [0.25, 0.3) is 55.7 Å². The number of hydrogen-bond acceptors (Lipinski definition) is 3. The van der Waals surface area contributed by atoms with Crippen molar-refractivity contribution >= 4 is 28.1 Å². The lowest BCUT2D eigenvalue weighted by molar-refractivity contribution is 0.660. The van der Waals surface area contributed by atoms with Gasteiger partial charge in [0.15, 0.2) is 5.82 Å². The van der Waals surface area contributed by atoms with Crippen molar-refractivity contribution in [1.29, 1.82) is 0 Å². The second-order valence-corrected chi connectivity index (χ2v) is 13.4. The lowest BCUT2D eigenvalue weighted by atomic mass is 9.82. The second-order valence-electron chi connectivity index (χ2n) is 13.4. The number of rotatable bonds is 6. The van der Waals surface area contributed by atoms with Crippen molar-refractivity contribution < 1.29 is 0 Å². The van der Waals surface area contributed by atoms with Gasteiger partial charge in [-0.1, -0.05) is 166 Å². The first-order valence-electron chi connectivity index (χ1n) is 17.2. The van der Waals surface area contributed by atoms with Crippen LogP contribution in [-0.2, 0) is 5.41 Å². The summed E-state index contributed by atoms with van der Waals surface area (Å²) in [6.07, 6.45) is 0. The fraction of sp³-hybridized carbons (Fsp3) is 0.0638. The lowest BCUT2D eigenvalue weighted by Gasteiger charge is -2.30. The maximum atomic E-state index is 5.49. The van der Waals surface area contributed by atoms with Gasteiger partial charge in [0.05, 0.1) is 16.9 Å². The highest BCUT2D eigenvalue weighted by atomic mass is 15.2. The molecule has 0 saturated carbocycles. The van der Waals surface area contributed by atoms with E-state index in [1.807, 2.05) is 6.07 Å². The van der Waals surface area contributed by atoms with E-state index in [9.17, 15) is 0 Å². The van der Waals surface area contributed by atoms with E-state index in [0.29, 0.717) is 5.82 Å². The molecule has 1 heterocycles. The third-order valence-corrected chi connectivity index (χ3v) is 10.1. The highest BCUT2D eigenvalue weighted by Gasteiger charge is 2.38. The zero-order valence-corrected chi connectivity index (χ0v) is 28.1. The number of nitrogens with zero attached hydrogens (tertiary/aromatic N) is 3. The van der Waals surface area contributed by atoms with Gasteiger partial charge in [-0.05, 0) is 57.6 Å². The summed E-state index contributed by atoms with van der Waals surface area (Å²) in [5.41, 5.74) is 13.7. The van der Waals surface area contributed by atoms with E-state index in [1.165, 1.54) is 27.8 Å². The molecule has 1 aromatic heterocycles. The van der Waals surface area contributed by atoms with Crippen molar-refractivity contribution in [3.05, 3.63) is 187 Å². The molecule has 238 valence electrons. The summed E-state index contributed by atoms with van der Waals surface area (Å²) in [7, 11) is 0. The molecule has 0 spiro atoms. The van der Waals surface area contributed by atoms with Crippen LogP contribution in [0.3, 0.4) is 0 Å². The van der Waals surface area contributed by atoms with Gasteiger partial charge in [-0.25, -0.2) is 9.97 Å². The van der Waals surface area contributed by atoms with Crippen LogP contribution >= 0.6 is 0 Å². The Labute approximate surface area is 293 Å². The van der Waals surface area contributed by atoms with Crippen molar-refractivity contribution in [2.24, 2.45) is 0 Å². The van der Waals surface area contributed by atoms with E-state index in [4.69, 9.17) is 9.97 Å². The normalized spacial score (nSPS) is 12.8. The molecule has 50 heavy (non-hydrogen) atoms. The van der Waals surface area contributed by atoms with E-state index >= 15 is 0 Å². The molecule has 3 heteroatoms. The van der Waals surface area contributed by atoms with Gasteiger partial charge < -0.3 is 0 Å². The predicted molar refractivity (Wildman–Crippen MR) is 208 cm³/mol. The summed E-state index contributed by atoms with van der Waals surface area (Å²) in [5, 5.41) is 0.989. The molecular formula is C47H35N3. The third kappa shape index (κ3) is 4.90. The summed E-state index contributed by atoms with van der Waals surface area (Å²) in [5.74, 6) is 1.53. The van der Waals surface area contributed by atoms with E-state index in [1.54, 1.807) is 0 Å². The van der Waals surface area contributed by atoms with Gasteiger partial charge in [0.1, 0.15) is 5.82 Å². The molecule has 7 aromatic carbocycles. The Bertz CT molecular complexity index is 2500. The zero-order valence-electron chi connectivity index (χ0n) is 28.1. The molecule has 0 aliphatic heterocycles. The minimum Gasteiger partial charge on any atom is -0.293 e. The predicted octanol–water partition coefficient (Wildman–Crippen LogP) is 12.4. The Balaban J connectivity index is 1.33. The molecule has 0 N–H and O–H groups in total. The molecule has 3 nitrogen and oxygen atoms in total. The van der Waals surface area contributed by atoms with E-state index in [0.717, 1.165) is 50.3 Å². The van der Waals surface area contributed by atoms with Gasteiger partial charge in [0, 0.05) is 27.5 Å². The smallest absolute Gasteiger partial charge is 0.162 e. The molecule has 0 radical (unpaired) electrons. The first-order valence-corrected chi connectivity index (χ1v) is 17.2. The minimum atomic E-state index is -0.147. The Morgan fingerprint density at radius 3 is 1.76 bits per heavy atom. The molecule has 1 aliphatic carbocycles. The van der Waals surface area contributed by atoms with Crippen LogP contribution < -0.4 is 4.90 Å². The van der Waals surface area contributed by atoms with E-state index < -0.39 is 0 Å². The Kier molecular flexibility index (Phi) is 7.14. The third-order valence-electron chi connectivity index (χ3n) is 10.1. The van der Waals surface area contributed by atoms with Crippen molar-refractivity contribution in [1.82, 2.24) is 9.97 Å². The first kappa shape index (κ1) is 29.8. The molecule has 1 aliphatic rings. The molecule has 9 rings (SSSR count). The first-order chi connectivity index (χ1) is 24.6. The Hall–Kier alpha value is -6.32. The van der Waals surface area contributed by atoms with Gasteiger partial charge in [0.2, 0.25) is 0 Å². The van der Waals surface area contributed by atoms with Crippen LogP contribution in [0, 0.1) is 0 Å². The standard InChI is InChI=1S/C47H35N3/c1-47(2)39-23-12-9-21-37(39)44-40(47)24-15-27-43(44)50(42-26-14-11-20-36(42)34-18-7-4-8-19-34)46-38-22-10-13-25-41(38)48-45(49-46)35-30-28-33(29-31-35)32-16-5-3-6-17-32/h3-31H,1-2H3. The van der Waals surface area contributed by atoms with Crippen molar-refractivity contribution in [2.75, 3.05) is 4.90 Å². The fourth-order valence-corrected chi connectivity index (χ4v) is 7.61. The summed E-state index contributed by atoms with van der Waals surface area (Å²) >= 11 is 0. The van der Waals surface area contributed by atoms with Gasteiger partial charge in [-0.2, -0.15) is 0 Å². The number of aromatic nitrogens is 2. The number of fused-ring (bicyclic) bond motifs is 4. The molecule has 0 fully saturated rings. The van der Waals surface area contributed by atoms with Gasteiger partial charge >= 0.3 is 0 Å². The van der Waals surface area contributed by atoms with Crippen LogP contribution in [-0.4, -0.2) is 9.97 Å². The molecule has 0 bridgehead atoms. The van der Waals surface area contributed by atoms with Crippen LogP contribution in [0.2, 0.25) is 0 Å². The average Bonchev–Trinajstić information content (AvgIpc) is 3.42. The van der Waals surface area contributed by atoms with E-state index in [-0.39, 0.29) is 5.41 Å². The molecule has 0 amide bonds. The van der Waals surface area contributed by atoms with Gasteiger partial charge in [-0.15, -0.1) is 0 Å². The SMILES string of the molecule is CC1(C)c2ccccc2-c2c(N(c3ccccc3-c3ccccc3)c3nc(-c4ccc(-c5ccccc5)cc4)nc4ccccc34)cccc21. The van der Waals surface area contributed by atoms with Crippen LogP contribution in [0.1, 0.15) is 25.0 Å². The topological polar surface area (TPSA) is 29.0 Å². The monoisotopic (exact) mass is 641 g/mol. The molecule has 0 saturated heterocycles. The Morgan fingerprint density at radius 2 is 0.980 bits per heavy atom. The van der Waals surface area contributed by atoms with Gasteiger partial charge in [0.25, 0.3) is 0 Å². The number of hydrogen-bond donors (Lipinski definition) is 0. The van der Waals surface area contributed by atoms with Crippen LogP contribution in [0.5, 0.6) is 0 Å². The molecule has 0 unspecified atom stereocenters. The number of para-hydroxylation sites is 2. The largest absolute Gasteiger partial charge is 0.293 e. The minimum absolute atomic E-state index is 0.147. The molecular weight excluding hydrogens is 607 g/mol. The van der Waals surface area contributed by atoms with Gasteiger partial charge in [-0.3, -0.25) is 4.90 Å². The summed E-state index contributed by atoms with van der Waals surface area (Å²) in [4.78, 5) is 13.0. The lowest BCUT2D eigenvalue weighted by Crippen LogP contribution is -2.17. The fourth-order valence-electron chi connectivity index (χ4n) is 7.61. The average molecular weight is 642 g/mol. The summed E-state index contributed by atoms with van der Waals surface area (Å²) < 4.78 is 0. The number of anilines is 3. The highest BCUT2D eigenvalue weighted by molar-refractivity contribution is 6.03. The maximum absolute atomic E-state index is 5.49. The van der Waals surface area contributed by atoms with Crippen LogP contribution in [0.15, 0.2) is 176 Å². The van der Waals surface area contributed by atoms with Crippen molar-refractivity contribution in [3.63, 3.8) is 0 Å².